The molecule has 0 radical (unpaired) electrons. The number of ether oxygens (including phenoxy) is 1. The standard InChI is InChI=1S/C20H16O3/c1-19-11-7-3-5-9-13(11)20(2,14-10-6-4-8-12(14)19)16-15(19)17(21)23-18(16)22/h3-10,15-16H,1-2H3/t15-,16-,19?,20?/m1/s1. The first-order valence-electron chi connectivity index (χ1n) is 7.96. The molecule has 6 rings (SSSR count). The van der Waals surface area contributed by atoms with Gasteiger partial charge in [-0.15, -0.1) is 0 Å². The normalized spacial score (nSPS) is 36.3. The lowest BCUT2D eigenvalue weighted by molar-refractivity contribution is -0.154. The molecule has 1 aliphatic heterocycles. The molecule has 0 aromatic heterocycles. The highest BCUT2D eigenvalue weighted by Gasteiger charge is 2.70. The second-order valence-electron chi connectivity index (χ2n) is 7.19. The van der Waals surface area contributed by atoms with Crippen LogP contribution in [0.4, 0.5) is 0 Å². The Hall–Kier alpha value is -2.42. The van der Waals surface area contributed by atoms with Gasteiger partial charge < -0.3 is 4.74 Å². The van der Waals surface area contributed by atoms with E-state index in [1.54, 1.807) is 0 Å². The summed E-state index contributed by atoms with van der Waals surface area (Å²) in [6.07, 6.45) is 0. The average molecular weight is 304 g/mol. The van der Waals surface area contributed by atoms with Crippen LogP contribution in [-0.2, 0) is 25.2 Å². The molecule has 1 fully saturated rings. The van der Waals surface area contributed by atoms with E-state index in [0.717, 1.165) is 22.3 Å². The summed E-state index contributed by atoms with van der Waals surface area (Å²) in [5.41, 5.74) is 3.56. The lowest BCUT2D eigenvalue weighted by atomic mass is 9.42. The minimum Gasteiger partial charge on any atom is -0.393 e. The Labute approximate surface area is 134 Å². The Morgan fingerprint density at radius 1 is 0.696 bits per heavy atom. The fourth-order valence-electron chi connectivity index (χ4n) is 5.37. The Balaban J connectivity index is 1.99. The van der Waals surface area contributed by atoms with Crippen LogP contribution in [0.5, 0.6) is 0 Å². The van der Waals surface area contributed by atoms with Gasteiger partial charge in [0, 0.05) is 10.8 Å². The second-order valence-corrected chi connectivity index (χ2v) is 7.19. The van der Waals surface area contributed by atoms with Crippen LogP contribution < -0.4 is 0 Å². The van der Waals surface area contributed by atoms with Crippen LogP contribution in [-0.4, -0.2) is 11.9 Å². The first-order chi connectivity index (χ1) is 11.0. The van der Waals surface area contributed by atoms with Crippen LogP contribution >= 0.6 is 0 Å². The van der Waals surface area contributed by atoms with E-state index in [-0.39, 0.29) is 11.9 Å². The van der Waals surface area contributed by atoms with Crippen molar-refractivity contribution in [3.05, 3.63) is 70.8 Å². The quantitative estimate of drug-likeness (QED) is 0.555. The number of rotatable bonds is 0. The van der Waals surface area contributed by atoms with Crippen molar-refractivity contribution in [2.45, 2.75) is 24.7 Å². The molecule has 2 bridgehead atoms. The maximum absolute atomic E-state index is 12.5. The molecule has 1 heterocycles. The number of carbonyl (C=O) groups excluding carboxylic acids is 2. The molecule has 2 aromatic rings. The zero-order valence-electron chi connectivity index (χ0n) is 13.0. The monoisotopic (exact) mass is 304 g/mol. The highest BCUT2D eigenvalue weighted by molar-refractivity contribution is 6.01. The third kappa shape index (κ3) is 1.18. The molecule has 0 saturated carbocycles. The van der Waals surface area contributed by atoms with E-state index < -0.39 is 22.7 Å². The second kappa shape index (κ2) is 3.73. The van der Waals surface area contributed by atoms with E-state index in [4.69, 9.17) is 4.74 Å². The maximum atomic E-state index is 12.5. The van der Waals surface area contributed by atoms with Gasteiger partial charge in [-0.1, -0.05) is 62.4 Å². The zero-order valence-corrected chi connectivity index (χ0v) is 13.0. The Kier molecular flexibility index (Phi) is 2.12. The number of esters is 2. The number of cyclic esters (lactones) is 2. The molecular weight excluding hydrogens is 288 g/mol. The van der Waals surface area contributed by atoms with Crippen molar-refractivity contribution in [2.75, 3.05) is 0 Å². The summed E-state index contributed by atoms with van der Waals surface area (Å²) < 4.78 is 5.10. The third-order valence-electron chi connectivity index (χ3n) is 6.38. The number of hydrogen-bond donors (Lipinski definition) is 0. The van der Waals surface area contributed by atoms with Crippen LogP contribution in [0.15, 0.2) is 48.5 Å². The number of hydrogen-bond acceptors (Lipinski definition) is 3. The third-order valence-corrected chi connectivity index (χ3v) is 6.38. The molecule has 0 unspecified atom stereocenters. The van der Waals surface area contributed by atoms with Gasteiger partial charge in [0.1, 0.15) is 0 Å². The Bertz CT molecular complexity index is 776. The molecule has 114 valence electrons. The summed E-state index contributed by atoms with van der Waals surface area (Å²) in [6.45, 7) is 4.17. The molecule has 1 saturated heterocycles. The van der Waals surface area contributed by atoms with Gasteiger partial charge in [-0.25, -0.2) is 0 Å². The highest BCUT2D eigenvalue weighted by Crippen LogP contribution is 2.65. The molecule has 3 aliphatic carbocycles. The van der Waals surface area contributed by atoms with Crippen molar-refractivity contribution in [3.63, 3.8) is 0 Å². The van der Waals surface area contributed by atoms with Crippen LogP contribution in [0.3, 0.4) is 0 Å². The topological polar surface area (TPSA) is 43.4 Å². The minimum atomic E-state index is -0.515. The van der Waals surface area contributed by atoms with E-state index >= 15 is 0 Å². The smallest absolute Gasteiger partial charge is 0.318 e. The summed E-state index contributed by atoms with van der Waals surface area (Å²) in [5, 5.41) is 0. The maximum Gasteiger partial charge on any atom is 0.318 e. The van der Waals surface area contributed by atoms with Crippen LogP contribution in [0.2, 0.25) is 0 Å². The van der Waals surface area contributed by atoms with Gasteiger partial charge in [0.2, 0.25) is 0 Å². The average Bonchev–Trinajstić information content (AvgIpc) is 2.88. The largest absolute Gasteiger partial charge is 0.393 e. The highest BCUT2D eigenvalue weighted by atomic mass is 16.6. The predicted molar refractivity (Wildman–Crippen MR) is 83.9 cm³/mol. The van der Waals surface area contributed by atoms with Crippen molar-refractivity contribution in [2.24, 2.45) is 11.8 Å². The summed E-state index contributed by atoms with van der Waals surface area (Å²) in [6, 6.07) is 16.4. The summed E-state index contributed by atoms with van der Waals surface area (Å²) in [7, 11) is 0. The minimum absolute atomic E-state index is 0.377. The van der Waals surface area contributed by atoms with Gasteiger partial charge in [0.05, 0.1) is 11.8 Å². The van der Waals surface area contributed by atoms with Gasteiger partial charge in [0.15, 0.2) is 0 Å². The lowest BCUT2D eigenvalue weighted by Crippen LogP contribution is -2.59. The fourth-order valence-corrected chi connectivity index (χ4v) is 5.37. The van der Waals surface area contributed by atoms with Crippen molar-refractivity contribution < 1.29 is 14.3 Å². The van der Waals surface area contributed by atoms with Gasteiger partial charge in [-0.2, -0.15) is 0 Å². The lowest BCUT2D eigenvalue weighted by Gasteiger charge is -2.57. The zero-order chi connectivity index (χ0) is 16.0. The molecule has 4 aliphatic rings. The molecule has 3 heteroatoms. The fraction of sp³-hybridized carbons (Fsp3) is 0.300. The van der Waals surface area contributed by atoms with E-state index in [9.17, 15) is 9.59 Å². The Morgan fingerprint density at radius 3 is 1.30 bits per heavy atom. The van der Waals surface area contributed by atoms with Crippen molar-refractivity contribution >= 4 is 11.9 Å². The summed E-state index contributed by atoms with van der Waals surface area (Å²) in [5.74, 6) is -1.63. The van der Waals surface area contributed by atoms with Crippen LogP contribution in [0.25, 0.3) is 0 Å². The molecular formula is C20H16O3. The van der Waals surface area contributed by atoms with Crippen molar-refractivity contribution in [3.8, 4) is 0 Å². The number of benzene rings is 2. The Morgan fingerprint density at radius 2 is 1.00 bits per heavy atom. The van der Waals surface area contributed by atoms with Gasteiger partial charge in [-0.05, 0) is 22.3 Å². The first-order valence-corrected chi connectivity index (χ1v) is 7.96. The SMILES string of the molecule is CC12c3ccccc3C(C)(c3ccccc31)[C@H]1C(=O)OC(=O)[C@@H]12. The molecule has 3 nitrogen and oxygen atoms in total. The molecule has 0 N–H and O–H groups in total. The van der Waals surface area contributed by atoms with Gasteiger partial charge >= 0.3 is 11.9 Å². The predicted octanol–water partition coefficient (Wildman–Crippen LogP) is 2.94. The van der Waals surface area contributed by atoms with E-state index in [1.807, 2.05) is 24.3 Å². The van der Waals surface area contributed by atoms with Gasteiger partial charge in [-0.3, -0.25) is 9.59 Å². The van der Waals surface area contributed by atoms with Crippen molar-refractivity contribution in [1.82, 2.24) is 0 Å². The van der Waals surface area contributed by atoms with Gasteiger partial charge in [0.25, 0.3) is 0 Å². The molecule has 2 aromatic carbocycles. The van der Waals surface area contributed by atoms with Crippen LogP contribution in [0.1, 0.15) is 36.1 Å². The van der Waals surface area contributed by atoms with E-state index in [1.165, 1.54) is 0 Å². The molecule has 0 amide bonds. The summed E-state index contributed by atoms with van der Waals surface area (Å²) in [4.78, 5) is 25.1. The van der Waals surface area contributed by atoms with E-state index in [0.29, 0.717) is 0 Å². The van der Waals surface area contributed by atoms with Crippen molar-refractivity contribution in [1.29, 1.82) is 0 Å². The molecule has 23 heavy (non-hydrogen) atoms. The van der Waals surface area contributed by atoms with E-state index in [2.05, 4.69) is 38.1 Å². The first kappa shape index (κ1) is 13.1. The molecule has 0 spiro atoms. The van der Waals surface area contributed by atoms with Crippen LogP contribution in [0, 0.1) is 11.8 Å². The molecule has 2 atom stereocenters. The summed E-state index contributed by atoms with van der Waals surface area (Å²) >= 11 is 0. The number of carbonyl (C=O) groups is 2.